The number of nitrogens with one attached hydrogen (secondary N) is 2. The van der Waals surface area contributed by atoms with Crippen LogP contribution >= 0.6 is 11.8 Å². The van der Waals surface area contributed by atoms with Gasteiger partial charge in [-0.2, -0.15) is 0 Å². The molecule has 2 amide bonds. The summed E-state index contributed by atoms with van der Waals surface area (Å²) in [4.78, 5) is 43.1. The van der Waals surface area contributed by atoms with E-state index in [4.69, 9.17) is 9.47 Å². The molecule has 4 rings (SSSR count). The number of rotatable bonds is 13. The standard InChI is InChI=1S/C30H32N4O5S/c1-38-25-13-12-21(18-26(25)39-2)14-16-31-27(35)15-17-34-29(37)23-10-6-7-11-24(23)33-30(34)40-20-28(36)32-19-22-8-4-3-5-9-22/h3-13,18H,14-17,19-20H2,1-2H3,(H,31,35)(H,32,36). The SMILES string of the molecule is COc1ccc(CCNC(=O)CCn2c(SCC(=O)NCc3ccccc3)nc3ccccc3c2=O)cc1OC. The third-order valence-electron chi connectivity index (χ3n) is 6.24. The molecule has 9 nitrogen and oxygen atoms in total. The van der Waals surface area contributed by atoms with Crippen LogP contribution in [-0.4, -0.2) is 47.9 Å². The van der Waals surface area contributed by atoms with E-state index in [2.05, 4.69) is 15.6 Å². The molecule has 3 aromatic carbocycles. The van der Waals surface area contributed by atoms with Crippen LogP contribution in [0.15, 0.2) is 82.7 Å². The molecule has 40 heavy (non-hydrogen) atoms. The molecule has 0 aliphatic carbocycles. The number of fused-ring (bicyclic) bond motifs is 1. The Hall–Kier alpha value is -4.31. The fourth-order valence-electron chi connectivity index (χ4n) is 4.12. The minimum Gasteiger partial charge on any atom is -0.493 e. The lowest BCUT2D eigenvalue weighted by Crippen LogP contribution is -2.30. The fourth-order valence-corrected chi connectivity index (χ4v) is 4.97. The Bertz CT molecular complexity index is 1520. The summed E-state index contributed by atoms with van der Waals surface area (Å²) in [6.45, 7) is 0.997. The van der Waals surface area contributed by atoms with Crippen molar-refractivity contribution in [1.29, 1.82) is 0 Å². The molecule has 0 spiro atoms. The quantitative estimate of drug-likeness (QED) is 0.190. The molecular weight excluding hydrogens is 528 g/mol. The molecule has 1 aromatic heterocycles. The molecule has 1 heterocycles. The molecule has 0 saturated heterocycles. The van der Waals surface area contributed by atoms with Gasteiger partial charge in [0.15, 0.2) is 16.7 Å². The highest BCUT2D eigenvalue weighted by atomic mass is 32.2. The van der Waals surface area contributed by atoms with Crippen LogP contribution in [-0.2, 0) is 29.1 Å². The van der Waals surface area contributed by atoms with Crippen LogP contribution in [0, 0.1) is 0 Å². The minimum absolute atomic E-state index is 0.0924. The molecule has 0 bridgehead atoms. The molecule has 0 aliphatic rings. The Morgan fingerprint density at radius 2 is 1.62 bits per heavy atom. The third-order valence-corrected chi connectivity index (χ3v) is 7.21. The molecule has 208 valence electrons. The van der Waals surface area contributed by atoms with Crippen molar-refractivity contribution in [2.45, 2.75) is 31.1 Å². The van der Waals surface area contributed by atoms with Crippen molar-refractivity contribution in [3.63, 3.8) is 0 Å². The molecule has 4 aromatic rings. The number of amides is 2. The molecule has 0 unspecified atom stereocenters. The first-order valence-corrected chi connectivity index (χ1v) is 13.9. The minimum atomic E-state index is -0.240. The Labute approximate surface area is 236 Å². The maximum atomic E-state index is 13.3. The number of hydrogen-bond acceptors (Lipinski definition) is 7. The van der Waals surface area contributed by atoms with Crippen LogP contribution in [0.1, 0.15) is 17.5 Å². The smallest absolute Gasteiger partial charge is 0.262 e. The van der Waals surface area contributed by atoms with E-state index in [-0.39, 0.29) is 36.1 Å². The van der Waals surface area contributed by atoms with Gasteiger partial charge in [0.2, 0.25) is 11.8 Å². The van der Waals surface area contributed by atoms with Crippen LogP contribution in [0.2, 0.25) is 0 Å². The first kappa shape index (κ1) is 28.7. The maximum Gasteiger partial charge on any atom is 0.262 e. The number of carbonyl (C=O) groups excluding carboxylic acids is 2. The van der Waals surface area contributed by atoms with E-state index in [0.29, 0.717) is 47.1 Å². The number of para-hydroxylation sites is 1. The topological polar surface area (TPSA) is 112 Å². The molecule has 0 fully saturated rings. The summed E-state index contributed by atoms with van der Waals surface area (Å²) < 4.78 is 12.1. The van der Waals surface area contributed by atoms with Gasteiger partial charge in [-0.05, 0) is 41.8 Å². The van der Waals surface area contributed by atoms with Crippen LogP contribution < -0.4 is 25.7 Å². The van der Waals surface area contributed by atoms with Crippen molar-refractivity contribution >= 4 is 34.5 Å². The number of carbonyl (C=O) groups is 2. The highest BCUT2D eigenvalue weighted by Gasteiger charge is 2.15. The second-order valence-corrected chi connectivity index (χ2v) is 9.90. The van der Waals surface area contributed by atoms with Gasteiger partial charge in [-0.1, -0.05) is 60.3 Å². The molecule has 0 aliphatic heterocycles. The highest BCUT2D eigenvalue weighted by Crippen LogP contribution is 2.27. The summed E-state index contributed by atoms with van der Waals surface area (Å²) in [7, 11) is 3.16. The summed E-state index contributed by atoms with van der Waals surface area (Å²) in [5, 5.41) is 6.66. The lowest BCUT2D eigenvalue weighted by Gasteiger charge is -2.13. The summed E-state index contributed by atoms with van der Waals surface area (Å²) in [6, 6.07) is 22.3. The monoisotopic (exact) mass is 560 g/mol. The fraction of sp³-hybridized carbons (Fsp3) is 0.267. The third kappa shape index (κ3) is 7.63. The second-order valence-electron chi connectivity index (χ2n) is 8.96. The average molecular weight is 561 g/mol. The lowest BCUT2D eigenvalue weighted by atomic mass is 10.1. The maximum absolute atomic E-state index is 13.3. The molecular formula is C30H32N4O5S. The predicted octanol–water partition coefficient (Wildman–Crippen LogP) is 3.57. The van der Waals surface area contributed by atoms with E-state index in [9.17, 15) is 14.4 Å². The molecule has 10 heteroatoms. The van der Waals surface area contributed by atoms with E-state index >= 15 is 0 Å². The average Bonchev–Trinajstić information content (AvgIpc) is 2.99. The Morgan fingerprint density at radius 1 is 0.875 bits per heavy atom. The Kier molecular flexibility index (Phi) is 10.2. The number of benzene rings is 3. The number of hydrogen-bond donors (Lipinski definition) is 2. The lowest BCUT2D eigenvalue weighted by molar-refractivity contribution is -0.121. The summed E-state index contributed by atoms with van der Waals surface area (Å²) in [5.41, 5.74) is 2.31. The van der Waals surface area contributed by atoms with E-state index < -0.39 is 0 Å². The van der Waals surface area contributed by atoms with Crippen molar-refractivity contribution in [1.82, 2.24) is 20.2 Å². The van der Waals surface area contributed by atoms with Crippen molar-refractivity contribution in [3.05, 3.63) is 94.3 Å². The largest absolute Gasteiger partial charge is 0.493 e. The highest BCUT2D eigenvalue weighted by molar-refractivity contribution is 7.99. The van der Waals surface area contributed by atoms with Gasteiger partial charge < -0.3 is 20.1 Å². The first-order valence-electron chi connectivity index (χ1n) is 12.9. The van der Waals surface area contributed by atoms with Gasteiger partial charge in [0.1, 0.15) is 0 Å². The van der Waals surface area contributed by atoms with Gasteiger partial charge >= 0.3 is 0 Å². The Balaban J connectivity index is 1.36. The normalized spacial score (nSPS) is 10.8. The van der Waals surface area contributed by atoms with Crippen LogP contribution in [0.3, 0.4) is 0 Å². The zero-order valence-corrected chi connectivity index (χ0v) is 23.3. The summed E-state index contributed by atoms with van der Waals surface area (Å²) in [6.07, 6.45) is 0.711. The van der Waals surface area contributed by atoms with Gasteiger partial charge in [-0.3, -0.25) is 19.0 Å². The molecule has 0 saturated carbocycles. The first-order chi connectivity index (χ1) is 19.5. The van der Waals surface area contributed by atoms with E-state index in [1.165, 1.54) is 16.3 Å². The van der Waals surface area contributed by atoms with Crippen LogP contribution in [0.5, 0.6) is 11.5 Å². The van der Waals surface area contributed by atoms with Crippen molar-refractivity contribution in [3.8, 4) is 11.5 Å². The molecule has 0 radical (unpaired) electrons. The van der Waals surface area contributed by atoms with Crippen LogP contribution in [0.4, 0.5) is 0 Å². The zero-order valence-electron chi connectivity index (χ0n) is 22.5. The number of methoxy groups -OCH3 is 2. The molecule has 0 atom stereocenters. The van der Waals surface area contributed by atoms with Crippen LogP contribution in [0.25, 0.3) is 10.9 Å². The van der Waals surface area contributed by atoms with E-state index in [1.54, 1.807) is 32.4 Å². The van der Waals surface area contributed by atoms with Crippen molar-refractivity contribution in [2.75, 3.05) is 26.5 Å². The van der Waals surface area contributed by atoms with E-state index in [1.807, 2.05) is 54.6 Å². The number of aromatic nitrogens is 2. The van der Waals surface area contributed by atoms with Crippen molar-refractivity contribution in [2.24, 2.45) is 0 Å². The van der Waals surface area contributed by atoms with Gasteiger partial charge in [-0.25, -0.2) is 4.98 Å². The number of ether oxygens (including phenoxy) is 2. The summed E-state index contributed by atoms with van der Waals surface area (Å²) in [5.74, 6) is 1.02. The van der Waals surface area contributed by atoms with Gasteiger partial charge in [0.05, 0.1) is 30.9 Å². The number of nitrogens with zero attached hydrogens (tertiary/aromatic N) is 2. The number of thioether (sulfide) groups is 1. The van der Waals surface area contributed by atoms with Gasteiger partial charge in [0.25, 0.3) is 5.56 Å². The van der Waals surface area contributed by atoms with Gasteiger partial charge in [0, 0.05) is 26.1 Å². The van der Waals surface area contributed by atoms with Gasteiger partial charge in [-0.15, -0.1) is 0 Å². The van der Waals surface area contributed by atoms with E-state index in [0.717, 1.165) is 11.1 Å². The Morgan fingerprint density at radius 3 is 2.40 bits per heavy atom. The predicted molar refractivity (Wildman–Crippen MR) is 156 cm³/mol. The van der Waals surface area contributed by atoms with Crippen molar-refractivity contribution < 1.29 is 19.1 Å². The summed E-state index contributed by atoms with van der Waals surface area (Å²) >= 11 is 1.18. The zero-order chi connectivity index (χ0) is 28.3. The second kappa shape index (κ2) is 14.2. The molecule has 2 N–H and O–H groups in total.